The van der Waals surface area contributed by atoms with E-state index >= 15 is 0 Å². The zero-order valence-corrected chi connectivity index (χ0v) is 10.5. The molecule has 0 atom stereocenters. The molecule has 1 aromatic carbocycles. The van der Waals surface area contributed by atoms with Gasteiger partial charge in [0.1, 0.15) is 0 Å². The zero-order valence-electron chi connectivity index (χ0n) is 9.73. The summed E-state index contributed by atoms with van der Waals surface area (Å²) in [6.45, 7) is 0.713. The quantitative estimate of drug-likeness (QED) is 0.643. The summed E-state index contributed by atoms with van der Waals surface area (Å²) >= 11 is 0. The second-order valence-corrected chi connectivity index (χ2v) is 5.31. The van der Waals surface area contributed by atoms with E-state index in [1.807, 2.05) is 0 Å². The number of sulfonamides is 1. The van der Waals surface area contributed by atoms with Crippen LogP contribution in [0.15, 0.2) is 18.2 Å². The fraction of sp³-hybridized carbons (Fsp3) is 0.400. The van der Waals surface area contributed by atoms with Gasteiger partial charge in [0.15, 0.2) is 11.5 Å². The number of phenolic OH excluding ortho intramolecular Hbond substituents is 1. The first kappa shape index (κ1) is 13.6. The summed E-state index contributed by atoms with van der Waals surface area (Å²) in [6, 6.07) is 4.87. The summed E-state index contributed by atoms with van der Waals surface area (Å²) in [5.74, 6) is 0.429. The largest absolute Gasteiger partial charge is 0.504 e. The molecule has 0 bridgehead atoms. The fourth-order valence-corrected chi connectivity index (χ4v) is 1.72. The van der Waals surface area contributed by atoms with Crippen LogP contribution in [0.3, 0.4) is 0 Å². The molecule has 6 nitrogen and oxygen atoms in total. The molecule has 0 saturated heterocycles. The number of aromatic hydroxyl groups is 1. The van der Waals surface area contributed by atoms with Crippen LogP contribution in [0, 0.1) is 0 Å². The van der Waals surface area contributed by atoms with Crippen molar-refractivity contribution in [2.45, 2.75) is 0 Å². The maximum Gasteiger partial charge on any atom is 0.208 e. The van der Waals surface area contributed by atoms with Crippen LogP contribution in [-0.4, -0.2) is 40.0 Å². The summed E-state index contributed by atoms with van der Waals surface area (Å²) in [6.07, 6.45) is 1.10. The second kappa shape index (κ2) is 5.74. The van der Waals surface area contributed by atoms with Crippen LogP contribution >= 0.6 is 0 Å². The van der Waals surface area contributed by atoms with Crippen molar-refractivity contribution in [2.24, 2.45) is 0 Å². The highest BCUT2D eigenvalue weighted by molar-refractivity contribution is 7.88. The molecule has 1 aromatic rings. The minimum atomic E-state index is -3.16. The van der Waals surface area contributed by atoms with E-state index in [1.54, 1.807) is 12.1 Å². The normalized spacial score (nSPS) is 11.2. The number of hydrogen-bond donors (Lipinski definition) is 3. The van der Waals surface area contributed by atoms with Crippen molar-refractivity contribution in [3.8, 4) is 11.5 Å². The standard InChI is InChI=1S/C10H16N2O4S/c1-16-10-4-3-8(7-9(10)13)11-5-6-12-17(2,14)15/h3-4,7,11-13H,5-6H2,1-2H3. The van der Waals surface area contributed by atoms with Crippen molar-refractivity contribution in [1.82, 2.24) is 4.72 Å². The third-order valence-corrected chi connectivity index (χ3v) is 2.73. The molecule has 0 unspecified atom stereocenters. The number of methoxy groups -OCH3 is 1. The van der Waals surface area contributed by atoms with Crippen molar-refractivity contribution in [3.63, 3.8) is 0 Å². The molecule has 7 heteroatoms. The van der Waals surface area contributed by atoms with Crippen molar-refractivity contribution >= 4 is 15.7 Å². The molecule has 96 valence electrons. The lowest BCUT2D eigenvalue weighted by atomic mass is 10.3. The van der Waals surface area contributed by atoms with Gasteiger partial charge in [-0.15, -0.1) is 0 Å². The van der Waals surface area contributed by atoms with E-state index in [0.29, 0.717) is 18.0 Å². The average molecular weight is 260 g/mol. The van der Waals surface area contributed by atoms with Gasteiger partial charge in [-0.1, -0.05) is 0 Å². The molecule has 3 N–H and O–H groups in total. The van der Waals surface area contributed by atoms with E-state index in [4.69, 9.17) is 4.74 Å². The van der Waals surface area contributed by atoms with Gasteiger partial charge in [0.25, 0.3) is 0 Å². The Kier molecular flexibility index (Phi) is 4.59. The van der Waals surface area contributed by atoms with Crippen molar-refractivity contribution in [1.29, 1.82) is 0 Å². The molecule has 0 fully saturated rings. The molecule has 0 amide bonds. The van der Waals surface area contributed by atoms with E-state index in [1.165, 1.54) is 13.2 Å². The summed E-state index contributed by atoms with van der Waals surface area (Å²) < 4.78 is 28.8. The first-order chi connectivity index (χ1) is 7.92. The van der Waals surface area contributed by atoms with Crippen molar-refractivity contribution in [3.05, 3.63) is 18.2 Å². The van der Waals surface area contributed by atoms with Crippen LogP contribution in [0.4, 0.5) is 5.69 Å². The van der Waals surface area contributed by atoms with Gasteiger partial charge in [0.2, 0.25) is 10.0 Å². The minimum absolute atomic E-state index is 0.0357. The molecular formula is C10H16N2O4S. The number of benzene rings is 1. The SMILES string of the molecule is COc1ccc(NCCNS(C)(=O)=O)cc1O. The molecular weight excluding hydrogens is 244 g/mol. The smallest absolute Gasteiger partial charge is 0.208 e. The summed E-state index contributed by atoms with van der Waals surface area (Å²) in [4.78, 5) is 0. The van der Waals surface area contributed by atoms with Gasteiger partial charge in [0, 0.05) is 24.8 Å². The average Bonchev–Trinajstić information content (AvgIpc) is 2.23. The Morgan fingerprint density at radius 3 is 2.59 bits per heavy atom. The highest BCUT2D eigenvalue weighted by Crippen LogP contribution is 2.28. The zero-order chi connectivity index (χ0) is 12.9. The Labute approximate surface area is 101 Å². The Morgan fingerprint density at radius 1 is 1.35 bits per heavy atom. The predicted octanol–water partition coefficient (Wildman–Crippen LogP) is 0.362. The van der Waals surface area contributed by atoms with E-state index in [9.17, 15) is 13.5 Å². The molecule has 0 spiro atoms. The predicted molar refractivity (Wildman–Crippen MR) is 66.0 cm³/mol. The van der Waals surface area contributed by atoms with E-state index in [0.717, 1.165) is 6.26 Å². The van der Waals surface area contributed by atoms with Gasteiger partial charge in [-0.05, 0) is 12.1 Å². The second-order valence-electron chi connectivity index (χ2n) is 3.48. The minimum Gasteiger partial charge on any atom is -0.504 e. The van der Waals surface area contributed by atoms with Crippen LogP contribution in [0.5, 0.6) is 11.5 Å². The lowest BCUT2D eigenvalue weighted by Gasteiger charge is -2.09. The van der Waals surface area contributed by atoms with Crippen molar-refractivity contribution in [2.75, 3.05) is 31.8 Å². The molecule has 0 heterocycles. The first-order valence-electron chi connectivity index (χ1n) is 4.98. The van der Waals surface area contributed by atoms with Gasteiger partial charge >= 0.3 is 0 Å². The number of hydrogen-bond acceptors (Lipinski definition) is 5. The van der Waals surface area contributed by atoms with E-state index < -0.39 is 10.0 Å². The molecule has 0 aliphatic carbocycles. The summed E-state index contributed by atoms with van der Waals surface area (Å²) in [7, 11) is -1.69. The van der Waals surface area contributed by atoms with Crippen molar-refractivity contribution < 1.29 is 18.3 Å². The maximum atomic E-state index is 10.8. The van der Waals surface area contributed by atoms with Gasteiger partial charge in [-0.3, -0.25) is 0 Å². The highest BCUT2D eigenvalue weighted by Gasteiger charge is 2.02. The Morgan fingerprint density at radius 2 is 2.06 bits per heavy atom. The Balaban J connectivity index is 2.45. The van der Waals surface area contributed by atoms with E-state index in [-0.39, 0.29) is 12.3 Å². The summed E-state index contributed by atoms with van der Waals surface area (Å²) in [5.41, 5.74) is 0.693. The van der Waals surface area contributed by atoms with E-state index in [2.05, 4.69) is 10.0 Å². The monoisotopic (exact) mass is 260 g/mol. The number of rotatable bonds is 6. The van der Waals surface area contributed by atoms with Crippen LogP contribution in [-0.2, 0) is 10.0 Å². The third kappa shape index (κ3) is 4.92. The molecule has 0 saturated carbocycles. The van der Waals surface area contributed by atoms with Gasteiger partial charge in [-0.25, -0.2) is 13.1 Å². The van der Waals surface area contributed by atoms with Gasteiger partial charge < -0.3 is 15.2 Å². The maximum absolute atomic E-state index is 10.8. The van der Waals surface area contributed by atoms with Crippen LogP contribution in [0.1, 0.15) is 0 Å². The lowest BCUT2D eigenvalue weighted by Crippen LogP contribution is -2.27. The molecule has 0 radical (unpaired) electrons. The number of nitrogens with one attached hydrogen (secondary N) is 2. The Hall–Kier alpha value is -1.47. The lowest BCUT2D eigenvalue weighted by molar-refractivity contribution is 0.373. The molecule has 17 heavy (non-hydrogen) atoms. The van der Waals surface area contributed by atoms with Gasteiger partial charge in [-0.2, -0.15) is 0 Å². The number of ether oxygens (including phenoxy) is 1. The first-order valence-corrected chi connectivity index (χ1v) is 6.87. The third-order valence-electron chi connectivity index (χ3n) is 2.00. The van der Waals surface area contributed by atoms with Crippen LogP contribution in [0.2, 0.25) is 0 Å². The summed E-state index contributed by atoms with van der Waals surface area (Å²) in [5, 5.41) is 12.5. The fourth-order valence-electron chi connectivity index (χ4n) is 1.24. The molecule has 0 aliphatic rings. The van der Waals surface area contributed by atoms with Crippen LogP contribution < -0.4 is 14.8 Å². The van der Waals surface area contributed by atoms with Gasteiger partial charge in [0.05, 0.1) is 13.4 Å². The van der Waals surface area contributed by atoms with Crippen LogP contribution in [0.25, 0.3) is 0 Å². The highest BCUT2D eigenvalue weighted by atomic mass is 32.2. The molecule has 1 rings (SSSR count). The molecule has 0 aliphatic heterocycles. The topological polar surface area (TPSA) is 87.7 Å². The Bertz CT molecular complexity index is 473. The number of phenols is 1. The number of anilines is 1. The molecule has 0 aromatic heterocycles.